The number of carbonyl (C=O) groups excluding carboxylic acids is 7. The largest absolute Gasteiger partial charge is 0.444 e. The minimum Gasteiger partial charge on any atom is -0.444 e. The maximum atomic E-state index is 13.3. The molecule has 7 amide bonds. The van der Waals surface area contributed by atoms with Crippen LogP contribution in [0.3, 0.4) is 0 Å². The fourth-order valence-corrected chi connectivity index (χ4v) is 7.68. The fraction of sp³-hybridized carbons (Fsp3) is 0.392. The average molecular weight is 928 g/mol. The third kappa shape index (κ3) is 13.8. The smallest absolute Gasteiger partial charge is 0.413 e. The molecule has 17 heteroatoms. The van der Waals surface area contributed by atoms with Gasteiger partial charge in [0.05, 0.1) is 11.0 Å². The van der Waals surface area contributed by atoms with Crippen LogP contribution in [-0.4, -0.2) is 79.6 Å². The molecule has 358 valence electrons. The van der Waals surface area contributed by atoms with Crippen molar-refractivity contribution >= 4 is 80.7 Å². The Balaban J connectivity index is 1.00. The van der Waals surface area contributed by atoms with Crippen molar-refractivity contribution in [2.75, 3.05) is 22.5 Å². The van der Waals surface area contributed by atoms with Crippen molar-refractivity contribution in [3.63, 3.8) is 0 Å². The Labute approximate surface area is 395 Å². The Bertz CT molecular complexity index is 2620. The molecule has 0 saturated carbocycles. The van der Waals surface area contributed by atoms with E-state index in [0.29, 0.717) is 54.5 Å². The Hall–Kier alpha value is -7.43. The molecule has 2 aromatic heterocycles. The molecule has 0 unspecified atom stereocenters. The zero-order valence-electron chi connectivity index (χ0n) is 39.2. The van der Waals surface area contributed by atoms with Crippen LogP contribution in [0.2, 0.25) is 0 Å². The highest BCUT2D eigenvalue weighted by atomic mass is 16.5. The van der Waals surface area contributed by atoms with E-state index in [0.717, 1.165) is 71.4 Å². The summed E-state index contributed by atoms with van der Waals surface area (Å²) in [6.45, 7) is 8.02. The molecule has 1 aliphatic heterocycles. The van der Waals surface area contributed by atoms with E-state index < -0.39 is 30.0 Å². The Kier molecular flexibility index (Phi) is 17.9. The van der Waals surface area contributed by atoms with Crippen LogP contribution < -0.4 is 26.6 Å². The topological polar surface area (TPSA) is 223 Å². The molecule has 0 radical (unpaired) electrons. The number of benzene rings is 3. The first-order valence-corrected chi connectivity index (χ1v) is 23.5. The van der Waals surface area contributed by atoms with Crippen LogP contribution >= 0.6 is 0 Å². The molecule has 0 bridgehead atoms. The number of anilines is 3. The molecular formula is C51H61N9O8. The number of imide groups is 1. The molecule has 5 aromatic rings. The first-order chi connectivity index (χ1) is 32.8. The van der Waals surface area contributed by atoms with Gasteiger partial charge in [0.1, 0.15) is 30.0 Å². The van der Waals surface area contributed by atoms with Gasteiger partial charge in [-0.2, -0.15) is 0 Å². The van der Waals surface area contributed by atoms with Gasteiger partial charge in [0, 0.05) is 61.3 Å². The number of aryl methyl sites for hydroxylation is 1. The second-order valence-electron chi connectivity index (χ2n) is 17.0. The van der Waals surface area contributed by atoms with Crippen LogP contribution in [-0.2, 0) is 53.1 Å². The Morgan fingerprint density at radius 3 is 1.99 bits per heavy atom. The average Bonchev–Trinajstić information content (AvgIpc) is 3.85. The van der Waals surface area contributed by atoms with Crippen molar-refractivity contribution in [3.05, 3.63) is 102 Å². The van der Waals surface area contributed by atoms with E-state index in [9.17, 15) is 33.6 Å². The number of pyridine rings is 1. The zero-order chi connectivity index (χ0) is 48.6. The lowest BCUT2D eigenvalue weighted by atomic mass is 10.1. The van der Waals surface area contributed by atoms with Crippen LogP contribution in [0.1, 0.15) is 109 Å². The van der Waals surface area contributed by atoms with E-state index in [4.69, 9.17) is 14.7 Å². The molecule has 2 atom stereocenters. The highest BCUT2D eigenvalue weighted by molar-refractivity contribution is 6.13. The Morgan fingerprint density at radius 2 is 1.28 bits per heavy atom. The van der Waals surface area contributed by atoms with Gasteiger partial charge in [-0.3, -0.25) is 39.0 Å². The van der Waals surface area contributed by atoms with Crippen LogP contribution in [0, 0.1) is 0 Å². The minimum absolute atomic E-state index is 0.00740. The summed E-state index contributed by atoms with van der Waals surface area (Å²) >= 11 is 0. The van der Waals surface area contributed by atoms with Gasteiger partial charge in [-0.25, -0.2) is 14.8 Å². The number of carbonyl (C=O) groups is 7. The lowest BCUT2D eigenvalue weighted by molar-refractivity contribution is -0.137. The molecule has 17 nitrogen and oxygen atoms in total. The number of rotatable bonds is 24. The van der Waals surface area contributed by atoms with Gasteiger partial charge in [0.25, 0.3) is 11.8 Å². The molecule has 3 heterocycles. The Morgan fingerprint density at radius 1 is 0.647 bits per heavy atom. The third-order valence-corrected chi connectivity index (χ3v) is 11.5. The second-order valence-corrected chi connectivity index (χ2v) is 17.0. The summed E-state index contributed by atoms with van der Waals surface area (Å²) in [4.78, 5) is 98.3. The first kappa shape index (κ1) is 50.0. The SMILES string of the molecule is CCCCCC(=O)Nc1ccc(Cn2c(CCCC)nc3c(NC(=O)OCc4ccc(NC(=O)[C@H](C)NC(=O)[C@H](C)NC(=O)CCCCCN5C(=O)C=CC5=O)cc4)nc4ccccc4c32)cc1. The number of imidazole rings is 1. The monoisotopic (exact) mass is 927 g/mol. The lowest BCUT2D eigenvalue weighted by Gasteiger charge is -2.18. The number of nitrogens with one attached hydrogen (secondary N) is 5. The van der Waals surface area contributed by atoms with Crippen molar-refractivity contribution in [2.45, 2.75) is 124 Å². The molecular weight excluding hydrogens is 867 g/mol. The first-order valence-electron chi connectivity index (χ1n) is 23.5. The number of hydrogen-bond acceptors (Lipinski definition) is 10. The van der Waals surface area contributed by atoms with E-state index in [1.54, 1.807) is 24.3 Å². The highest BCUT2D eigenvalue weighted by Gasteiger charge is 2.24. The number of fused-ring (bicyclic) bond motifs is 3. The molecule has 5 N–H and O–H groups in total. The summed E-state index contributed by atoms with van der Waals surface area (Å²) in [5, 5.41) is 14.7. The molecule has 0 spiro atoms. The molecule has 6 rings (SSSR count). The normalized spacial score (nSPS) is 13.1. The number of nitrogens with zero attached hydrogens (tertiary/aromatic N) is 4. The van der Waals surface area contributed by atoms with Crippen LogP contribution in [0.15, 0.2) is 84.9 Å². The summed E-state index contributed by atoms with van der Waals surface area (Å²) in [6.07, 6.45) is 9.66. The summed E-state index contributed by atoms with van der Waals surface area (Å²) in [6, 6.07) is 20.5. The van der Waals surface area contributed by atoms with Crippen LogP contribution in [0.4, 0.5) is 22.0 Å². The number of ether oxygens (including phenoxy) is 1. The number of unbranched alkanes of at least 4 members (excludes halogenated alkanes) is 5. The molecule has 1 aliphatic rings. The summed E-state index contributed by atoms with van der Waals surface area (Å²) in [7, 11) is 0. The predicted molar refractivity (Wildman–Crippen MR) is 260 cm³/mol. The van der Waals surface area contributed by atoms with Gasteiger partial charge < -0.3 is 30.6 Å². The van der Waals surface area contributed by atoms with E-state index in [2.05, 4.69) is 45.0 Å². The molecule has 0 fully saturated rings. The number of hydrogen-bond donors (Lipinski definition) is 5. The van der Waals surface area contributed by atoms with Gasteiger partial charge in [-0.15, -0.1) is 0 Å². The fourth-order valence-electron chi connectivity index (χ4n) is 7.68. The second kappa shape index (κ2) is 24.4. The van der Waals surface area contributed by atoms with Crippen LogP contribution in [0.5, 0.6) is 0 Å². The van der Waals surface area contributed by atoms with Crippen molar-refractivity contribution < 1.29 is 38.3 Å². The zero-order valence-corrected chi connectivity index (χ0v) is 39.2. The van der Waals surface area contributed by atoms with Gasteiger partial charge in [0.2, 0.25) is 23.6 Å². The number of amides is 7. The lowest BCUT2D eigenvalue weighted by Crippen LogP contribution is -2.50. The maximum absolute atomic E-state index is 13.3. The van der Waals surface area contributed by atoms with Gasteiger partial charge in [-0.1, -0.05) is 82.0 Å². The maximum Gasteiger partial charge on any atom is 0.413 e. The van der Waals surface area contributed by atoms with Gasteiger partial charge in [-0.05, 0) is 81.0 Å². The van der Waals surface area contributed by atoms with Gasteiger partial charge >= 0.3 is 6.09 Å². The van der Waals surface area contributed by atoms with E-state index in [1.807, 2.05) is 48.5 Å². The summed E-state index contributed by atoms with van der Waals surface area (Å²) < 4.78 is 7.80. The number of aromatic nitrogens is 3. The predicted octanol–water partition coefficient (Wildman–Crippen LogP) is 7.68. The molecule has 0 aliphatic carbocycles. The third-order valence-electron chi connectivity index (χ3n) is 11.5. The van der Waals surface area contributed by atoms with Crippen molar-refractivity contribution in [1.82, 2.24) is 30.1 Å². The summed E-state index contributed by atoms with van der Waals surface area (Å²) in [5.74, 6) is -0.868. The standard InChI is InChI=1S/C51H61N9O8/c1-5-7-10-18-43(62)54-37-24-20-35(21-25-37)31-60-41(17-8-6-2)57-46-47(60)39-15-12-13-16-40(39)56-48(46)58-51(67)68-32-36-22-26-38(27-23-36)55-50(66)34(4)53-49(65)33(3)52-42(61)19-11-9-14-30-59-44(63)28-29-45(59)64/h12-13,15-16,20-29,33-34H,5-11,14,17-19,30-32H2,1-4H3,(H,52,61)(H,53,65)(H,54,62)(H,55,66)(H,56,58,67)/t33-,34-/m0/s1. The van der Waals surface area contributed by atoms with Gasteiger partial charge in [0.15, 0.2) is 5.82 Å². The summed E-state index contributed by atoms with van der Waals surface area (Å²) in [5.41, 5.74) is 4.94. The van der Waals surface area contributed by atoms with Crippen LogP contribution in [0.25, 0.3) is 21.9 Å². The van der Waals surface area contributed by atoms with Crippen molar-refractivity contribution in [1.29, 1.82) is 0 Å². The van der Waals surface area contributed by atoms with E-state index in [-0.39, 0.29) is 49.0 Å². The molecule has 3 aromatic carbocycles. The number of para-hydroxylation sites is 1. The highest BCUT2D eigenvalue weighted by Crippen LogP contribution is 2.32. The quantitative estimate of drug-likeness (QED) is 0.0300. The van der Waals surface area contributed by atoms with Crippen molar-refractivity contribution in [3.8, 4) is 0 Å². The minimum atomic E-state index is -0.921. The van der Waals surface area contributed by atoms with E-state index in [1.165, 1.54) is 26.0 Å². The molecule has 0 saturated heterocycles. The van der Waals surface area contributed by atoms with E-state index >= 15 is 0 Å². The molecule has 68 heavy (non-hydrogen) atoms. The van der Waals surface area contributed by atoms with Crippen molar-refractivity contribution in [2.24, 2.45) is 0 Å².